The van der Waals surface area contributed by atoms with Crippen molar-refractivity contribution in [2.45, 2.75) is 104 Å². The van der Waals surface area contributed by atoms with E-state index in [2.05, 4.69) is 13.8 Å². The molecule has 12 atom stereocenters. The second-order valence-corrected chi connectivity index (χ2v) is 12.9. The number of hydrogen-bond acceptors (Lipinski definition) is 11. The lowest BCUT2D eigenvalue weighted by Crippen LogP contribution is -2.79. The number of carbonyl (C=O) groups is 3. The average molecular weight is 593 g/mol. The first-order valence-corrected chi connectivity index (χ1v) is 14.8. The SMILES string of the molecule is C/C=C(\C)CO[C@@H]1[C@@H](OC(C)=O)[C@H](O)[C@]2(CO2)[C@]2(COC(C)=O)[C@@H](OC(C)=O)C[C@@H](C)[C@](C)(C3C[C@H]4C=CO[C@H]4O3)[C@@H]12. The van der Waals surface area contributed by atoms with E-state index in [0.717, 1.165) is 5.57 Å². The fourth-order valence-electron chi connectivity index (χ4n) is 8.28. The maximum Gasteiger partial charge on any atom is 0.303 e. The van der Waals surface area contributed by atoms with Crippen LogP contribution >= 0.6 is 0 Å². The molecule has 0 aromatic carbocycles. The summed E-state index contributed by atoms with van der Waals surface area (Å²) in [6.07, 6.45) is 1.72. The van der Waals surface area contributed by atoms with Gasteiger partial charge in [0.2, 0.25) is 6.29 Å². The zero-order valence-electron chi connectivity index (χ0n) is 25.5. The van der Waals surface area contributed by atoms with Crippen LogP contribution in [0.1, 0.15) is 61.3 Å². The number of ether oxygens (including phenoxy) is 7. The molecule has 42 heavy (non-hydrogen) atoms. The maximum atomic E-state index is 12.6. The summed E-state index contributed by atoms with van der Waals surface area (Å²) in [6.45, 7) is 12.1. The van der Waals surface area contributed by atoms with Gasteiger partial charge in [-0.15, -0.1) is 0 Å². The van der Waals surface area contributed by atoms with E-state index in [0.29, 0.717) is 12.8 Å². The summed E-state index contributed by atoms with van der Waals surface area (Å²) in [7, 11) is 0. The van der Waals surface area contributed by atoms with Crippen molar-refractivity contribution in [2.24, 2.45) is 28.6 Å². The van der Waals surface area contributed by atoms with Crippen molar-refractivity contribution >= 4 is 17.9 Å². The lowest BCUT2D eigenvalue weighted by atomic mass is 9.40. The van der Waals surface area contributed by atoms with Crippen LogP contribution in [-0.2, 0) is 47.5 Å². The summed E-state index contributed by atoms with van der Waals surface area (Å²) in [5.41, 5.74) is -2.38. The first kappa shape index (κ1) is 31.0. The first-order valence-electron chi connectivity index (χ1n) is 14.8. The average Bonchev–Trinajstić information content (AvgIpc) is 3.43. The third kappa shape index (κ3) is 4.76. The van der Waals surface area contributed by atoms with Crippen molar-refractivity contribution in [3.8, 4) is 0 Å². The van der Waals surface area contributed by atoms with Gasteiger partial charge in [-0.05, 0) is 38.7 Å². The number of aliphatic hydroxyl groups is 1. The maximum absolute atomic E-state index is 12.6. The third-order valence-corrected chi connectivity index (χ3v) is 10.6. The van der Waals surface area contributed by atoms with Crippen LogP contribution in [-0.4, -0.2) is 85.2 Å². The predicted molar refractivity (Wildman–Crippen MR) is 146 cm³/mol. The molecular formula is C31H44O11. The Hall–Kier alpha value is -2.47. The lowest BCUT2D eigenvalue weighted by Gasteiger charge is -2.67. The molecule has 1 N–H and O–H groups in total. The van der Waals surface area contributed by atoms with Gasteiger partial charge in [0.1, 0.15) is 30.5 Å². The summed E-state index contributed by atoms with van der Waals surface area (Å²) < 4.78 is 42.8. The molecule has 5 rings (SSSR count). The van der Waals surface area contributed by atoms with Crippen LogP contribution in [0.25, 0.3) is 0 Å². The number of hydrogen-bond donors (Lipinski definition) is 1. The number of esters is 3. The second-order valence-electron chi connectivity index (χ2n) is 12.9. The predicted octanol–water partition coefficient (Wildman–Crippen LogP) is 2.83. The van der Waals surface area contributed by atoms with Gasteiger partial charge in [-0.2, -0.15) is 0 Å². The van der Waals surface area contributed by atoms with Gasteiger partial charge in [0, 0.05) is 38.0 Å². The Morgan fingerprint density at radius 3 is 2.31 bits per heavy atom. The zero-order valence-corrected chi connectivity index (χ0v) is 25.5. The summed E-state index contributed by atoms with van der Waals surface area (Å²) in [6, 6.07) is 0. The molecule has 11 nitrogen and oxygen atoms in total. The van der Waals surface area contributed by atoms with E-state index in [1.54, 1.807) is 6.26 Å². The molecule has 0 amide bonds. The van der Waals surface area contributed by atoms with Gasteiger partial charge in [-0.1, -0.05) is 25.5 Å². The van der Waals surface area contributed by atoms with Gasteiger partial charge in [-0.3, -0.25) is 14.4 Å². The minimum absolute atomic E-state index is 0.0577. The van der Waals surface area contributed by atoms with Gasteiger partial charge < -0.3 is 38.3 Å². The lowest BCUT2D eigenvalue weighted by molar-refractivity contribution is -0.316. The molecule has 5 aliphatic rings. The van der Waals surface area contributed by atoms with Gasteiger partial charge in [0.25, 0.3) is 0 Å². The molecule has 0 aromatic rings. The van der Waals surface area contributed by atoms with Crippen molar-refractivity contribution in [3.05, 3.63) is 24.0 Å². The largest absolute Gasteiger partial charge is 0.472 e. The highest BCUT2D eigenvalue weighted by Crippen LogP contribution is 2.70. The molecule has 2 saturated carbocycles. The van der Waals surface area contributed by atoms with Crippen LogP contribution in [0.4, 0.5) is 0 Å². The van der Waals surface area contributed by atoms with E-state index in [9.17, 15) is 19.5 Å². The van der Waals surface area contributed by atoms with Crippen molar-refractivity contribution < 1.29 is 52.6 Å². The number of allylic oxidation sites excluding steroid dienone is 1. The highest BCUT2D eigenvalue weighted by Gasteiger charge is 2.83. The summed E-state index contributed by atoms with van der Waals surface area (Å²) in [5, 5.41) is 12.0. The number of aliphatic hydroxyl groups excluding tert-OH is 1. The minimum atomic E-state index is -1.35. The quantitative estimate of drug-likeness (QED) is 0.193. The Kier molecular flexibility index (Phi) is 8.28. The molecule has 3 heterocycles. The van der Waals surface area contributed by atoms with E-state index in [-0.39, 0.29) is 37.8 Å². The van der Waals surface area contributed by atoms with E-state index in [1.807, 2.05) is 26.0 Å². The Labute approximate surface area is 246 Å². The standard InChI is InChI=1S/C31H44O11/c1-8-16(2)13-37-24-25(41-20(6)34)27(35)31(15-39-31)30(14-38-18(4)32)23(40-19(5)33)11-17(3)29(7,26(24)30)22-12-21-9-10-36-28(21)42-22/h8-10,17,21-28,35H,11-15H2,1-7H3/b16-8+/t17-,21-,22?,23+,24-,25-,26-,27+,28+,29-,30-,31-/m1/s1. The van der Waals surface area contributed by atoms with E-state index in [1.165, 1.54) is 20.8 Å². The smallest absolute Gasteiger partial charge is 0.303 e. The van der Waals surface area contributed by atoms with E-state index in [4.69, 9.17) is 33.2 Å². The van der Waals surface area contributed by atoms with Crippen molar-refractivity contribution in [2.75, 3.05) is 19.8 Å². The van der Waals surface area contributed by atoms with Gasteiger partial charge >= 0.3 is 17.9 Å². The highest BCUT2D eigenvalue weighted by molar-refractivity contribution is 5.67. The molecule has 0 aromatic heterocycles. The number of epoxide rings is 1. The molecule has 2 aliphatic carbocycles. The minimum Gasteiger partial charge on any atom is -0.472 e. The molecule has 0 bridgehead atoms. The molecule has 0 radical (unpaired) electrons. The van der Waals surface area contributed by atoms with E-state index < -0.39 is 71.0 Å². The second kappa shape index (κ2) is 11.2. The van der Waals surface area contributed by atoms with Crippen LogP contribution in [0.2, 0.25) is 0 Å². The Balaban J connectivity index is 1.74. The summed E-state index contributed by atoms with van der Waals surface area (Å²) in [4.78, 5) is 37.4. The highest BCUT2D eigenvalue weighted by atomic mass is 16.7. The third-order valence-electron chi connectivity index (χ3n) is 10.6. The Bertz CT molecular complexity index is 1140. The van der Waals surface area contributed by atoms with Crippen molar-refractivity contribution in [1.29, 1.82) is 0 Å². The molecule has 2 saturated heterocycles. The van der Waals surface area contributed by atoms with Gasteiger partial charge in [0.05, 0.1) is 31.0 Å². The van der Waals surface area contributed by atoms with Gasteiger partial charge in [0.15, 0.2) is 6.10 Å². The molecular weight excluding hydrogens is 548 g/mol. The molecule has 11 heteroatoms. The first-order chi connectivity index (χ1) is 19.8. The fraction of sp³-hybridized carbons (Fsp3) is 0.774. The summed E-state index contributed by atoms with van der Waals surface area (Å²) >= 11 is 0. The van der Waals surface area contributed by atoms with Crippen molar-refractivity contribution in [1.82, 2.24) is 0 Å². The zero-order chi connectivity index (χ0) is 30.6. The normalized spacial score (nSPS) is 45.5. The van der Waals surface area contributed by atoms with Crippen LogP contribution in [0.3, 0.4) is 0 Å². The molecule has 3 aliphatic heterocycles. The number of carbonyl (C=O) groups excluding carboxylic acids is 3. The van der Waals surface area contributed by atoms with Crippen molar-refractivity contribution in [3.63, 3.8) is 0 Å². The monoisotopic (exact) mass is 592 g/mol. The fourth-order valence-corrected chi connectivity index (χ4v) is 8.28. The number of fused-ring (bicyclic) bond motifs is 3. The molecule has 1 unspecified atom stereocenters. The molecule has 1 spiro atoms. The Morgan fingerprint density at radius 1 is 1.05 bits per heavy atom. The van der Waals surface area contributed by atoms with Crippen LogP contribution in [0, 0.1) is 28.6 Å². The molecule has 4 fully saturated rings. The summed E-state index contributed by atoms with van der Waals surface area (Å²) in [5.74, 6) is -2.28. The van der Waals surface area contributed by atoms with Crippen LogP contribution in [0.15, 0.2) is 24.0 Å². The topological polar surface area (TPSA) is 139 Å². The van der Waals surface area contributed by atoms with Crippen LogP contribution in [0.5, 0.6) is 0 Å². The number of rotatable bonds is 8. The molecule has 234 valence electrons. The van der Waals surface area contributed by atoms with E-state index >= 15 is 0 Å². The van der Waals surface area contributed by atoms with Gasteiger partial charge in [-0.25, -0.2) is 0 Å². The Morgan fingerprint density at radius 2 is 1.74 bits per heavy atom. The van der Waals surface area contributed by atoms with Crippen LogP contribution < -0.4 is 0 Å².